The van der Waals surface area contributed by atoms with Crippen LogP contribution in [0, 0.1) is 0 Å². The van der Waals surface area contributed by atoms with Crippen LogP contribution in [-0.4, -0.2) is 175 Å². The van der Waals surface area contributed by atoms with Crippen molar-refractivity contribution in [1.29, 1.82) is 0 Å². The van der Waals surface area contributed by atoms with Crippen LogP contribution in [0.2, 0.25) is 0 Å². The lowest BCUT2D eigenvalue weighted by molar-refractivity contribution is -0.133. The summed E-state index contributed by atoms with van der Waals surface area (Å²) in [5.74, 6) is -1.64. The van der Waals surface area contributed by atoms with Gasteiger partial charge < -0.3 is 19.4 Å². The summed E-state index contributed by atoms with van der Waals surface area (Å²) in [6.45, 7) is 8.55. The van der Waals surface area contributed by atoms with Gasteiger partial charge in [-0.25, -0.2) is 0 Å². The Bertz CT molecular complexity index is 1860. The molecule has 0 aromatic heterocycles. The molecule has 1 saturated heterocycles. The minimum atomic E-state index is -0.274. The van der Waals surface area contributed by atoms with Gasteiger partial charge in [0, 0.05) is 72.0 Å². The summed E-state index contributed by atoms with van der Waals surface area (Å²) in [6, 6.07) is 20.6. The van der Waals surface area contributed by atoms with Gasteiger partial charge in [-0.15, -0.1) is 0 Å². The Morgan fingerprint density at radius 1 is 0.379 bits per heavy atom. The van der Waals surface area contributed by atoms with Gasteiger partial charge in [0.15, 0.2) is 0 Å². The van der Waals surface area contributed by atoms with Gasteiger partial charge in [0.25, 0.3) is 41.9 Å². The number of amides is 6. The number of carbonyl (C=O) groups is 7. The Labute approximate surface area is 337 Å². The summed E-state index contributed by atoms with van der Waals surface area (Å²) >= 11 is 0. The van der Waals surface area contributed by atoms with Crippen molar-refractivity contribution in [2.75, 3.05) is 98.4 Å². The number of hydrogen-bond acceptors (Lipinski definition) is 12. The van der Waals surface area contributed by atoms with Gasteiger partial charge in [-0.3, -0.25) is 53.2 Å². The van der Waals surface area contributed by atoms with E-state index in [9.17, 15) is 33.6 Å². The summed E-state index contributed by atoms with van der Waals surface area (Å²) in [4.78, 5) is 102. The predicted molar refractivity (Wildman–Crippen MR) is 212 cm³/mol. The second-order valence-electron chi connectivity index (χ2n) is 15.0. The van der Waals surface area contributed by atoms with Gasteiger partial charge in [-0.05, 0) is 75.3 Å². The van der Waals surface area contributed by atoms with E-state index in [0.717, 1.165) is 0 Å². The first-order chi connectivity index (χ1) is 28.2. The molecule has 4 aliphatic heterocycles. The molecule has 0 saturated carbocycles. The van der Waals surface area contributed by atoms with Crippen molar-refractivity contribution in [2.24, 2.45) is 0 Å². The van der Waals surface area contributed by atoms with Gasteiger partial charge in [-0.1, -0.05) is 36.4 Å². The van der Waals surface area contributed by atoms with Crippen molar-refractivity contribution in [2.45, 2.75) is 19.3 Å². The highest BCUT2D eigenvalue weighted by molar-refractivity contribution is 6.22. The Hall–Kier alpha value is -5.61. The lowest BCUT2D eigenvalue weighted by Crippen LogP contribution is -2.47. The molecule has 6 amide bonds. The van der Waals surface area contributed by atoms with Crippen molar-refractivity contribution < 1.29 is 38.3 Å². The zero-order chi connectivity index (χ0) is 40.6. The molecule has 0 unspecified atom stereocenters. The van der Waals surface area contributed by atoms with E-state index in [1.54, 1.807) is 72.8 Å². The molecule has 0 N–H and O–H groups in total. The van der Waals surface area contributed by atoms with Gasteiger partial charge >= 0.3 is 0 Å². The van der Waals surface area contributed by atoms with Crippen molar-refractivity contribution in [3.05, 3.63) is 106 Å². The molecule has 58 heavy (non-hydrogen) atoms. The Balaban J connectivity index is 0.999. The highest BCUT2D eigenvalue weighted by atomic mass is 16.5. The van der Waals surface area contributed by atoms with E-state index >= 15 is 0 Å². The molecule has 0 bridgehead atoms. The molecular formula is C43H49N7O8. The van der Waals surface area contributed by atoms with Crippen LogP contribution in [-0.2, 0) is 9.53 Å². The van der Waals surface area contributed by atoms with Crippen molar-refractivity contribution >= 4 is 41.9 Å². The standard InChI is InChI=1S/C43H49N7O8/c51-31-58-30-47-28-26-45(17-8-20-49-40(54)34-12-3-4-13-35(34)41(49)55)24-22-44(16-7-19-48-38(52)32-10-1-2-11-33(32)39(48)53)23-25-46(27-29-47)18-9-21-50-42(56)36-14-5-6-15-37(36)43(50)57/h1-6,10-15,31H,7-9,16-30H2. The zero-order valence-corrected chi connectivity index (χ0v) is 32.6. The van der Waals surface area contributed by atoms with E-state index in [4.69, 9.17) is 4.74 Å². The fourth-order valence-electron chi connectivity index (χ4n) is 8.20. The molecule has 1 fully saturated rings. The maximum atomic E-state index is 13.1. The summed E-state index contributed by atoms with van der Waals surface area (Å²) in [5.41, 5.74) is 2.58. The van der Waals surface area contributed by atoms with E-state index < -0.39 is 0 Å². The Morgan fingerprint density at radius 3 is 0.862 bits per heavy atom. The van der Waals surface area contributed by atoms with Crippen LogP contribution in [0.3, 0.4) is 0 Å². The van der Waals surface area contributed by atoms with E-state index in [0.29, 0.717) is 151 Å². The lowest BCUT2D eigenvalue weighted by atomic mass is 10.1. The highest BCUT2D eigenvalue weighted by Crippen LogP contribution is 2.25. The first kappa shape index (κ1) is 40.6. The summed E-state index contributed by atoms with van der Waals surface area (Å²) in [5, 5.41) is 0. The second-order valence-corrected chi connectivity index (χ2v) is 15.0. The van der Waals surface area contributed by atoms with Crippen LogP contribution in [0.15, 0.2) is 72.8 Å². The maximum absolute atomic E-state index is 13.1. The minimum Gasteiger partial charge on any atom is -0.452 e. The summed E-state index contributed by atoms with van der Waals surface area (Å²) in [7, 11) is 0. The van der Waals surface area contributed by atoms with Crippen LogP contribution in [0.5, 0.6) is 0 Å². The normalized spacial score (nSPS) is 18.7. The van der Waals surface area contributed by atoms with Crippen molar-refractivity contribution in [3.63, 3.8) is 0 Å². The number of hydrogen-bond donors (Lipinski definition) is 0. The van der Waals surface area contributed by atoms with Crippen molar-refractivity contribution in [1.82, 2.24) is 34.3 Å². The fourth-order valence-corrected chi connectivity index (χ4v) is 8.20. The maximum Gasteiger partial charge on any atom is 0.294 e. The molecule has 4 heterocycles. The molecular weight excluding hydrogens is 743 g/mol. The molecule has 7 rings (SSSR count). The fraction of sp³-hybridized carbons (Fsp3) is 0.419. The number of carbonyl (C=O) groups excluding carboxylic acids is 7. The monoisotopic (exact) mass is 791 g/mol. The summed E-state index contributed by atoms with van der Waals surface area (Å²) in [6.07, 6.45) is 1.75. The van der Waals surface area contributed by atoms with Crippen LogP contribution < -0.4 is 0 Å². The van der Waals surface area contributed by atoms with Crippen LogP contribution >= 0.6 is 0 Å². The van der Waals surface area contributed by atoms with Gasteiger partial charge in [0.1, 0.15) is 6.73 Å². The van der Waals surface area contributed by atoms with E-state index in [1.807, 2.05) is 0 Å². The molecule has 3 aromatic rings. The molecule has 15 nitrogen and oxygen atoms in total. The molecule has 4 aliphatic rings. The van der Waals surface area contributed by atoms with Gasteiger partial charge in [-0.2, -0.15) is 0 Å². The number of rotatable bonds is 15. The molecule has 304 valence electrons. The third-order valence-corrected chi connectivity index (χ3v) is 11.5. The second kappa shape index (κ2) is 18.8. The predicted octanol–water partition coefficient (Wildman–Crippen LogP) is 2.40. The van der Waals surface area contributed by atoms with E-state index in [1.165, 1.54) is 14.7 Å². The number of nitrogens with zero attached hydrogens (tertiary/aromatic N) is 7. The number of imide groups is 3. The molecule has 0 radical (unpaired) electrons. The van der Waals surface area contributed by atoms with Gasteiger partial charge in [0.05, 0.1) is 33.4 Å². The topological polar surface area (TPSA) is 151 Å². The number of benzene rings is 3. The Kier molecular flexibility index (Phi) is 13.1. The third-order valence-electron chi connectivity index (χ3n) is 11.5. The van der Waals surface area contributed by atoms with Crippen LogP contribution in [0.1, 0.15) is 81.4 Å². The van der Waals surface area contributed by atoms with E-state index in [2.05, 4.69) is 19.6 Å². The van der Waals surface area contributed by atoms with Gasteiger partial charge in [0.2, 0.25) is 0 Å². The molecule has 0 spiro atoms. The lowest BCUT2D eigenvalue weighted by Gasteiger charge is -2.34. The quantitative estimate of drug-likeness (QED) is 0.164. The smallest absolute Gasteiger partial charge is 0.294 e. The first-order valence-electron chi connectivity index (χ1n) is 20.1. The largest absolute Gasteiger partial charge is 0.452 e. The molecule has 0 atom stereocenters. The third kappa shape index (κ3) is 8.92. The average Bonchev–Trinajstić information content (AvgIpc) is 3.74. The molecule has 0 aliphatic carbocycles. The van der Waals surface area contributed by atoms with E-state index in [-0.39, 0.29) is 42.2 Å². The van der Waals surface area contributed by atoms with Crippen LogP contribution in [0.4, 0.5) is 0 Å². The zero-order valence-electron chi connectivity index (χ0n) is 32.6. The number of ether oxygens (including phenoxy) is 1. The van der Waals surface area contributed by atoms with Crippen molar-refractivity contribution in [3.8, 4) is 0 Å². The summed E-state index contributed by atoms with van der Waals surface area (Å²) < 4.78 is 5.20. The van der Waals surface area contributed by atoms with Crippen LogP contribution in [0.25, 0.3) is 0 Å². The highest BCUT2D eigenvalue weighted by Gasteiger charge is 2.37. The Morgan fingerprint density at radius 2 is 0.621 bits per heavy atom. The molecule has 15 heteroatoms. The first-order valence-corrected chi connectivity index (χ1v) is 20.1. The molecule has 3 aromatic carbocycles. The average molecular weight is 792 g/mol. The SMILES string of the molecule is O=COCN1CCN(CCCN2C(=O)c3ccccc3C2=O)CCN(CCCN2C(=O)c3ccccc3C2=O)CCN(CCCN2C(=O)c3ccccc3C2=O)CC1. The minimum absolute atomic E-state index is 0.124. The number of fused-ring (bicyclic) bond motifs is 3.